The number of aromatic nitrogens is 1. The average Bonchev–Trinajstić information content (AvgIpc) is 2.24. The molecule has 0 saturated heterocycles. The number of nitrogens with zero attached hydrogens (tertiary/aromatic N) is 1. The van der Waals surface area contributed by atoms with Crippen molar-refractivity contribution < 1.29 is 4.79 Å². The Morgan fingerprint density at radius 3 is 3.07 bits per heavy atom. The van der Waals surface area contributed by atoms with Crippen LogP contribution in [0.25, 0.3) is 0 Å². The number of hydrogen-bond acceptors (Lipinski definition) is 2. The normalized spacial score (nSPS) is 8.93. The molecule has 1 aromatic heterocycles. The Labute approximate surface area is 93.9 Å². The fraction of sp³-hybridized carbons (Fsp3) is 0.273. The topological polar surface area (TPSA) is 42.0 Å². The SMILES string of the molecule is CC#CCCNC(=O)c1cccc(Cl)n1. The van der Waals surface area contributed by atoms with E-state index in [9.17, 15) is 4.79 Å². The van der Waals surface area contributed by atoms with Crippen LogP contribution in [0, 0.1) is 11.8 Å². The lowest BCUT2D eigenvalue weighted by Crippen LogP contribution is -2.25. The summed E-state index contributed by atoms with van der Waals surface area (Å²) in [7, 11) is 0. The maximum atomic E-state index is 11.5. The zero-order valence-corrected chi connectivity index (χ0v) is 9.14. The molecule has 0 saturated carbocycles. The second kappa shape index (κ2) is 6.05. The van der Waals surface area contributed by atoms with E-state index in [1.165, 1.54) is 0 Å². The fourth-order valence-corrected chi connectivity index (χ4v) is 1.15. The number of hydrogen-bond donors (Lipinski definition) is 1. The van der Waals surface area contributed by atoms with Gasteiger partial charge in [-0.15, -0.1) is 11.8 Å². The summed E-state index contributed by atoms with van der Waals surface area (Å²) in [4.78, 5) is 15.4. The Hall–Kier alpha value is -1.53. The van der Waals surface area contributed by atoms with Gasteiger partial charge in [0.1, 0.15) is 10.8 Å². The third-order valence-electron chi connectivity index (χ3n) is 1.66. The minimum atomic E-state index is -0.226. The van der Waals surface area contributed by atoms with Gasteiger partial charge in [-0.1, -0.05) is 17.7 Å². The monoisotopic (exact) mass is 222 g/mol. The standard InChI is InChI=1S/C11H11ClN2O/c1-2-3-4-8-13-11(15)9-6-5-7-10(12)14-9/h5-7H,4,8H2,1H3,(H,13,15). The number of amides is 1. The second-order valence-corrected chi connectivity index (χ2v) is 3.17. The Bertz CT molecular complexity index is 407. The molecule has 1 heterocycles. The van der Waals surface area contributed by atoms with Crippen molar-refractivity contribution >= 4 is 17.5 Å². The van der Waals surface area contributed by atoms with Crippen LogP contribution in [0.5, 0.6) is 0 Å². The number of carbonyl (C=O) groups excluding carboxylic acids is 1. The van der Waals surface area contributed by atoms with E-state index >= 15 is 0 Å². The van der Waals surface area contributed by atoms with E-state index in [0.29, 0.717) is 23.8 Å². The first-order valence-electron chi connectivity index (χ1n) is 4.54. The van der Waals surface area contributed by atoms with Gasteiger partial charge in [0, 0.05) is 13.0 Å². The zero-order chi connectivity index (χ0) is 11.1. The van der Waals surface area contributed by atoms with Gasteiger partial charge in [0.25, 0.3) is 5.91 Å². The number of carbonyl (C=O) groups is 1. The minimum absolute atomic E-state index is 0.226. The molecule has 0 aliphatic carbocycles. The van der Waals surface area contributed by atoms with E-state index < -0.39 is 0 Å². The quantitative estimate of drug-likeness (QED) is 0.482. The molecular formula is C11H11ClN2O. The molecule has 0 radical (unpaired) electrons. The number of pyridine rings is 1. The van der Waals surface area contributed by atoms with Crippen molar-refractivity contribution in [3.8, 4) is 11.8 Å². The molecule has 0 aliphatic rings. The van der Waals surface area contributed by atoms with Gasteiger partial charge in [-0.25, -0.2) is 4.98 Å². The lowest BCUT2D eigenvalue weighted by molar-refractivity contribution is 0.0949. The summed E-state index contributed by atoms with van der Waals surface area (Å²) in [6, 6.07) is 4.93. The second-order valence-electron chi connectivity index (χ2n) is 2.78. The highest BCUT2D eigenvalue weighted by Gasteiger charge is 2.05. The lowest BCUT2D eigenvalue weighted by atomic mass is 10.3. The molecule has 0 fully saturated rings. The first-order valence-corrected chi connectivity index (χ1v) is 4.92. The summed E-state index contributed by atoms with van der Waals surface area (Å²) in [5.41, 5.74) is 0.326. The summed E-state index contributed by atoms with van der Waals surface area (Å²) in [5.74, 6) is 5.38. The summed E-state index contributed by atoms with van der Waals surface area (Å²) in [6.07, 6.45) is 0.642. The van der Waals surface area contributed by atoms with Crippen molar-refractivity contribution in [1.29, 1.82) is 0 Å². The van der Waals surface area contributed by atoms with Crippen molar-refractivity contribution in [3.63, 3.8) is 0 Å². The number of halogens is 1. The molecule has 3 nitrogen and oxygen atoms in total. The highest BCUT2D eigenvalue weighted by molar-refractivity contribution is 6.29. The van der Waals surface area contributed by atoms with Crippen molar-refractivity contribution in [3.05, 3.63) is 29.0 Å². The van der Waals surface area contributed by atoms with Crippen molar-refractivity contribution in [2.24, 2.45) is 0 Å². The molecule has 1 amide bonds. The van der Waals surface area contributed by atoms with Gasteiger partial charge in [0.2, 0.25) is 0 Å². The summed E-state index contributed by atoms with van der Waals surface area (Å²) in [6.45, 7) is 2.29. The van der Waals surface area contributed by atoms with Crippen molar-refractivity contribution in [1.82, 2.24) is 10.3 Å². The molecule has 0 spiro atoms. The van der Waals surface area contributed by atoms with E-state index in [4.69, 9.17) is 11.6 Å². The van der Waals surface area contributed by atoms with Crippen LogP contribution < -0.4 is 5.32 Å². The third-order valence-corrected chi connectivity index (χ3v) is 1.87. The highest BCUT2D eigenvalue weighted by atomic mass is 35.5. The minimum Gasteiger partial charge on any atom is -0.350 e. The average molecular weight is 223 g/mol. The van der Waals surface area contributed by atoms with E-state index in [1.807, 2.05) is 0 Å². The predicted molar refractivity (Wildman–Crippen MR) is 59.6 cm³/mol. The van der Waals surface area contributed by atoms with Gasteiger partial charge in [-0.2, -0.15) is 0 Å². The van der Waals surface area contributed by atoms with Gasteiger partial charge < -0.3 is 5.32 Å². The van der Waals surface area contributed by atoms with Gasteiger partial charge >= 0.3 is 0 Å². The first-order chi connectivity index (χ1) is 7.24. The van der Waals surface area contributed by atoms with Gasteiger partial charge in [-0.3, -0.25) is 4.79 Å². The van der Waals surface area contributed by atoms with Crippen LogP contribution in [-0.4, -0.2) is 17.4 Å². The molecule has 1 aromatic rings. The maximum absolute atomic E-state index is 11.5. The van der Waals surface area contributed by atoms with Gasteiger partial charge in [-0.05, 0) is 19.1 Å². The van der Waals surface area contributed by atoms with E-state index in [-0.39, 0.29) is 5.91 Å². The van der Waals surface area contributed by atoms with Crippen LogP contribution in [0.1, 0.15) is 23.8 Å². The van der Waals surface area contributed by atoms with E-state index in [0.717, 1.165) is 0 Å². The van der Waals surface area contributed by atoms with Crippen molar-refractivity contribution in [2.75, 3.05) is 6.54 Å². The summed E-state index contributed by atoms with van der Waals surface area (Å²) in [5, 5.41) is 3.01. The summed E-state index contributed by atoms with van der Waals surface area (Å²) < 4.78 is 0. The van der Waals surface area contributed by atoms with Crippen LogP contribution in [0.3, 0.4) is 0 Å². The van der Waals surface area contributed by atoms with E-state index in [2.05, 4.69) is 22.1 Å². The summed E-state index contributed by atoms with van der Waals surface area (Å²) >= 11 is 5.66. The molecule has 4 heteroatoms. The Balaban J connectivity index is 2.49. The molecule has 78 valence electrons. The van der Waals surface area contributed by atoms with Crippen LogP contribution >= 0.6 is 11.6 Å². The molecule has 1 rings (SSSR count). The van der Waals surface area contributed by atoms with Crippen LogP contribution in [0.15, 0.2) is 18.2 Å². The van der Waals surface area contributed by atoms with Gasteiger partial charge in [0.15, 0.2) is 0 Å². The molecular weight excluding hydrogens is 212 g/mol. The van der Waals surface area contributed by atoms with Gasteiger partial charge in [0.05, 0.1) is 0 Å². The first kappa shape index (κ1) is 11.5. The molecule has 0 aromatic carbocycles. The molecule has 1 N–H and O–H groups in total. The zero-order valence-electron chi connectivity index (χ0n) is 8.38. The molecule has 0 atom stereocenters. The lowest BCUT2D eigenvalue weighted by Gasteiger charge is -2.01. The number of nitrogens with one attached hydrogen (secondary N) is 1. The molecule has 15 heavy (non-hydrogen) atoms. The van der Waals surface area contributed by atoms with Crippen LogP contribution in [0.4, 0.5) is 0 Å². The Kier molecular flexibility index (Phi) is 4.65. The predicted octanol–water partition coefficient (Wildman–Crippen LogP) is 1.88. The smallest absolute Gasteiger partial charge is 0.269 e. The van der Waals surface area contributed by atoms with Crippen molar-refractivity contribution in [2.45, 2.75) is 13.3 Å². The van der Waals surface area contributed by atoms with Crippen LogP contribution in [0.2, 0.25) is 5.15 Å². The Morgan fingerprint density at radius 1 is 1.60 bits per heavy atom. The largest absolute Gasteiger partial charge is 0.350 e. The fourth-order valence-electron chi connectivity index (χ4n) is 0.989. The maximum Gasteiger partial charge on any atom is 0.269 e. The number of rotatable bonds is 3. The molecule has 0 aliphatic heterocycles. The van der Waals surface area contributed by atoms with E-state index in [1.54, 1.807) is 25.1 Å². The Morgan fingerprint density at radius 2 is 2.40 bits per heavy atom. The highest BCUT2D eigenvalue weighted by Crippen LogP contribution is 2.04. The molecule has 0 bridgehead atoms. The van der Waals surface area contributed by atoms with Crippen LogP contribution in [-0.2, 0) is 0 Å². The molecule has 0 unspecified atom stereocenters. The third kappa shape index (κ3) is 4.01.